The van der Waals surface area contributed by atoms with E-state index in [1.807, 2.05) is 0 Å². The molecule has 0 amide bonds. The van der Waals surface area contributed by atoms with Crippen LogP contribution in [0.2, 0.25) is 0 Å². The molecule has 0 aromatic carbocycles. The van der Waals surface area contributed by atoms with Crippen molar-refractivity contribution in [3.05, 3.63) is 0 Å². The molecule has 0 radical (unpaired) electrons. The van der Waals surface area contributed by atoms with Crippen molar-refractivity contribution in [2.24, 2.45) is 23.0 Å². The highest BCUT2D eigenvalue weighted by Crippen LogP contribution is 2.63. The van der Waals surface area contributed by atoms with Crippen LogP contribution in [0.25, 0.3) is 0 Å². The second kappa shape index (κ2) is 2.46. The maximum absolute atomic E-state index is 5.95. The van der Waals surface area contributed by atoms with Gasteiger partial charge in [-0.25, -0.2) is 0 Å². The summed E-state index contributed by atoms with van der Waals surface area (Å²) in [5.74, 6) is 1.92. The summed E-state index contributed by atoms with van der Waals surface area (Å²) in [5.41, 5.74) is 6.46. The van der Waals surface area contributed by atoms with Crippen molar-refractivity contribution in [3.63, 3.8) is 0 Å². The van der Waals surface area contributed by atoms with Crippen LogP contribution in [0.5, 0.6) is 0 Å². The van der Waals surface area contributed by atoms with Gasteiger partial charge in [0, 0.05) is 4.75 Å². The van der Waals surface area contributed by atoms with Crippen molar-refractivity contribution in [1.82, 2.24) is 0 Å². The van der Waals surface area contributed by atoms with Crippen LogP contribution in [0.1, 0.15) is 38.5 Å². The summed E-state index contributed by atoms with van der Waals surface area (Å²) in [7, 11) is 0. The SMILES string of the molecule is NCC12CC3CC(CC(S)(C3)C1)C2. The van der Waals surface area contributed by atoms with Crippen LogP contribution in [-0.2, 0) is 0 Å². The molecule has 4 bridgehead atoms. The van der Waals surface area contributed by atoms with Gasteiger partial charge in [0.2, 0.25) is 0 Å². The molecule has 0 aromatic rings. The first-order chi connectivity index (χ1) is 6.13. The topological polar surface area (TPSA) is 26.0 Å². The van der Waals surface area contributed by atoms with Gasteiger partial charge in [-0.2, -0.15) is 12.6 Å². The lowest BCUT2D eigenvalue weighted by Crippen LogP contribution is -2.55. The predicted octanol–water partition coefficient (Wildman–Crippen LogP) is 2.21. The number of hydrogen-bond donors (Lipinski definition) is 2. The highest BCUT2D eigenvalue weighted by molar-refractivity contribution is 7.81. The van der Waals surface area contributed by atoms with E-state index in [1.165, 1.54) is 38.5 Å². The third-order valence-corrected chi connectivity index (χ3v) is 5.11. The molecule has 2 heteroatoms. The van der Waals surface area contributed by atoms with Gasteiger partial charge in [0.1, 0.15) is 0 Å². The Morgan fingerprint density at radius 2 is 1.77 bits per heavy atom. The highest BCUT2D eigenvalue weighted by atomic mass is 32.1. The molecule has 0 aliphatic heterocycles. The number of hydrogen-bond acceptors (Lipinski definition) is 2. The lowest BCUT2D eigenvalue weighted by molar-refractivity contribution is -0.0305. The molecule has 2 unspecified atom stereocenters. The Hall–Kier alpha value is 0.310. The fourth-order valence-corrected chi connectivity index (χ4v) is 5.49. The lowest BCUT2D eigenvalue weighted by atomic mass is 9.49. The molecule has 74 valence electrons. The van der Waals surface area contributed by atoms with E-state index in [-0.39, 0.29) is 0 Å². The Morgan fingerprint density at radius 1 is 1.15 bits per heavy atom. The smallest absolute Gasteiger partial charge is 0.0141 e. The zero-order valence-corrected chi connectivity index (χ0v) is 9.02. The van der Waals surface area contributed by atoms with Crippen molar-refractivity contribution in [2.75, 3.05) is 6.54 Å². The molecule has 4 aliphatic rings. The fraction of sp³-hybridized carbons (Fsp3) is 1.00. The molecule has 4 aliphatic carbocycles. The van der Waals surface area contributed by atoms with E-state index in [0.29, 0.717) is 10.2 Å². The minimum Gasteiger partial charge on any atom is -0.330 e. The normalized spacial score (nSPS) is 58.6. The second-order valence-electron chi connectivity index (χ2n) is 5.89. The molecule has 2 atom stereocenters. The third-order valence-electron chi connectivity index (χ3n) is 4.58. The van der Waals surface area contributed by atoms with Crippen molar-refractivity contribution in [3.8, 4) is 0 Å². The van der Waals surface area contributed by atoms with Crippen molar-refractivity contribution in [1.29, 1.82) is 0 Å². The van der Waals surface area contributed by atoms with Crippen LogP contribution >= 0.6 is 12.6 Å². The second-order valence-corrected chi connectivity index (χ2v) is 6.84. The average Bonchev–Trinajstić information content (AvgIpc) is 1.99. The quantitative estimate of drug-likeness (QED) is 0.619. The molecule has 4 saturated carbocycles. The third kappa shape index (κ3) is 1.18. The van der Waals surface area contributed by atoms with E-state index in [9.17, 15) is 0 Å². The highest BCUT2D eigenvalue weighted by Gasteiger charge is 2.55. The summed E-state index contributed by atoms with van der Waals surface area (Å²) in [6.45, 7) is 0.905. The standard InChI is InChI=1S/C11H19NS/c12-7-10-2-8-1-9(3-10)5-11(13,4-8)6-10/h8-9,13H,1-7,12H2. The zero-order chi connectivity index (χ0) is 9.10. The van der Waals surface area contributed by atoms with E-state index < -0.39 is 0 Å². The number of nitrogens with two attached hydrogens (primary N) is 1. The Labute approximate surface area is 85.9 Å². The number of thiol groups is 1. The van der Waals surface area contributed by atoms with Gasteiger partial charge >= 0.3 is 0 Å². The summed E-state index contributed by atoms with van der Waals surface area (Å²) < 4.78 is 0.378. The van der Waals surface area contributed by atoms with Gasteiger partial charge in [-0.1, -0.05) is 0 Å². The van der Waals surface area contributed by atoms with Gasteiger partial charge in [-0.15, -0.1) is 0 Å². The van der Waals surface area contributed by atoms with E-state index >= 15 is 0 Å². The fourth-order valence-electron chi connectivity index (χ4n) is 4.64. The van der Waals surface area contributed by atoms with Crippen molar-refractivity contribution in [2.45, 2.75) is 43.3 Å². The molecular formula is C11H19NS. The number of rotatable bonds is 1. The van der Waals surface area contributed by atoms with Crippen LogP contribution in [0.15, 0.2) is 0 Å². The predicted molar refractivity (Wildman–Crippen MR) is 57.9 cm³/mol. The summed E-state index contributed by atoms with van der Waals surface area (Å²) in [6.07, 6.45) is 8.32. The molecule has 0 heterocycles. The minimum atomic E-state index is 0.378. The van der Waals surface area contributed by atoms with E-state index in [1.54, 1.807) is 0 Å². The lowest BCUT2D eigenvalue weighted by Gasteiger charge is -2.60. The summed E-state index contributed by atoms with van der Waals surface area (Å²) >= 11 is 4.90. The summed E-state index contributed by atoms with van der Waals surface area (Å²) in [5, 5.41) is 0. The molecule has 13 heavy (non-hydrogen) atoms. The van der Waals surface area contributed by atoms with Crippen LogP contribution in [0, 0.1) is 17.3 Å². The maximum atomic E-state index is 5.95. The van der Waals surface area contributed by atoms with Gasteiger partial charge in [0.25, 0.3) is 0 Å². The van der Waals surface area contributed by atoms with Gasteiger partial charge in [-0.3, -0.25) is 0 Å². The van der Waals surface area contributed by atoms with Gasteiger partial charge in [0.05, 0.1) is 0 Å². The molecule has 4 rings (SSSR count). The van der Waals surface area contributed by atoms with E-state index in [4.69, 9.17) is 18.4 Å². The Kier molecular flexibility index (Phi) is 1.63. The molecule has 1 nitrogen and oxygen atoms in total. The molecule has 4 fully saturated rings. The van der Waals surface area contributed by atoms with Gasteiger partial charge in [0.15, 0.2) is 0 Å². The van der Waals surface area contributed by atoms with Crippen molar-refractivity contribution >= 4 is 12.6 Å². The zero-order valence-electron chi connectivity index (χ0n) is 8.13. The monoisotopic (exact) mass is 197 g/mol. The first-order valence-electron chi connectivity index (χ1n) is 5.56. The first kappa shape index (κ1) is 8.60. The van der Waals surface area contributed by atoms with Crippen LogP contribution in [-0.4, -0.2) is 11.3 Å². The average molecular weight is 197 g/mol. The minimum absolute atomic E-state index is 0.378. The summed E-state index contributed by atoms with van der Waals surface area (Å²) in [4.78, 5) is 0. The van der Waals surface area contributed by atoms with E-state index in [2.05, 4.69) is 0 Å². The van der Waals surface area contributed by atoms with Gasteiger partial charge in [-0.05, 0) is 62.3 Å². The molecule has 0 aromatic heterocycles. The molecule has 2 N–H and O–H groups in total. The van der Waals surface area contributed by atoms with E-state index in [0.717, 1.165) is 18.4 Å². The largest absolute Gasteiger partial charge is 0.330 e. The Balaban J connectivity index is 1.95. The molecular weight excluding hydrogens is 178 g/mol. The van der Waals surface area contributed by atoms with Crippen LogP contribution < -0.4 is 5.73 Å². The molecule has 0 spiro atoms. The van der Waals surface area contributed by atoms with Crippen molar-refractivity contribution < 1.29 is 0 Å². The van der Waals surface area contributed by atoms with Gasteiger partial charge < -0.3 is 5.73 Å². The summed E-state index contributed by atoms with van der Waals surface area (Å²) in [6, 6.07) is 0. The van der Waals surface area contributed by atoms with Crippen LogP contribution in [0.4, 0.5) is 0 Å². The maximum Gasteiger partial charge on any atom is 0.0141 e. The first-order valence-corrected chi connectivity index (χ1v) is 6.00. The Bertz CT molecular complexity index is 224. The van der Waals surface area contributed by atoms with Crippen LogP contribution in [0.3, 0.4) is 0 Å². The molecule has 0 saturated heterocycles. The Morgan fingerprint density at radius 3 is 2.23 bits per heavy atom.